The molecular formula is C19H26N4O2. The number of benzene rings is 1. The molecule has 1 aromatic carbocycles. The van der Waals surface area contributed by atoms with E-state index in [0.29, 0.717) is 6.54 Å². The van der Waals surface area contributed by atoms with Crippen molar-refractivity contribution in [2.75, 3.05) is 5.32 Å². The molecule has 3 rings (SSSR count). The van der Waals surface area contributed by atoms with Gasteiger partial charge in [-0.25, -0.2) is 9.48 Å². The summed E-state index contributed by atoms with van der Waals surface area (Å²) in [4.78, 5) is 24.9. The van der Waals surface area contributed by atoms with Gasteiger partial charge in [0.15, 0.2) is 0 Å². The quantitative estimate of drug-likeness (QED) is 0.932. The van der Waals surface area contributed by atoms with Gasteiger partial charge in [-0.3, -0.25) is 9.36 Å². The second-order valence-electron chi connectivity index (χ2n) is 7.66. The lowest BCUT2D eigenvalue weighted by atomic mass is 9.86. The fraction of sp³-hybridized carbons (Fsp3) is 0.526. The van der Waals surface area contributed by atoms with E-state index in [0.717, 1.165) is 42.8 Å². The highest BCUT2D eigenvalue weighted by Crippen LogP contribution is 2.29. The van der Waals surface area contributed by atoms with Crippen LogP contribution in [0, 0.1) is 0 Å². The van der Waals surface area contributed by atoms with Crippen molar-refractivity contribution in [1.29, 1.82) is 0 Å². The van der Waals surface area contributed by atoms with Crippen molar-refractivity contribution in [3.63, 3.8) is 0 Å². The third-order valence-corrected chi connectivity index (χ3v) is 4.58. The zero-order chi connectivity index (χ0) is 18.0. The standard InChI is InChI=1S/C19H26N4O2/c1-19(2,3)14-9-6-7-10-15(14)20-17(24)13-23-18(25)22-12-8-4-5-11-16(22)21-23/h6-7,9-10H,4-5,8,11-13H2,1-3H3,(H,20,24). The van der Waals surface area contributed by atoms with Gasteiger partial charge in [0.25, 0.3) is 0 Å². The van der Waals surface area contributed by atoms with Gasteiger partial charge in [-0.05, 0) is 29.9 Å². The summed E-state index contributed by atoms with van der Waals surface area (Å²) < 4.78 is 3.00. The van der Waals surface area contributed by atoms with E-state index in [4.69, 9.17) is 0 Å². The van der Waals surface area contributed by atoms with E-state index < -0.39 is 0 Å². The Kier molecular flexibility index (Phi) is 4.79. The number of anilines is 1. The molecule has 0 fully saturated rings. The van der Waals surface area contributed by atoms with E-state index in [2.05, 4.69) is 31.2 Å². The van der Waals surface area contributed by atoms with E-state index in [-0.39, 0.29) is 23.6 Å². The molecular weight excluding hydrogens is 316 g/mol. The van der Waals surface area contributed by atoms with Crippen LogP contribution in [0.2, 0.25) is 0 Å². The van der Waals surface area contributed by atoms with Crippen molar-refractivity contribution in [2.24, 2.45) is 0 Å². The lowest BCUT2D eigenvalue weighted by Gasteiger charge is -2.22. The number of hydrogen-bond acceptors (Lipinski definition) is 3. The summed E-state index contributed by atoms with van der Waals surface area (Å²) in [5.74, 6) is 0.567. The van der Waals surface area contributed by atoms with Gasteiger partial charge in [-0.2, -0.15) is 5.10 Å². The molecule has 1 aliphatic rings. The van der Waals surface area contributed by atoms with Crippen LogP contribution >= 0.6 is 0 Å². The second kappa shape index (κ2) is 6.86. The van der Waals surface area contributed by atoms with Gasteiger partial charge in [0.05, 0.1) is 0 Å². The first-order valence-electron chi connectivity index (χ1n) is 8.92. The highest BCUT2D eigenvalue weighted by atomic mass is 16.2. The van der Waals surface area contributed by atoms with Gasteiger partial charge in [0.1, 0.15) is 12.4 Å². The first kappa shape index (κ1) is 17.5. The Morgan fingerprint density at radius 2 is 1.96 bits per heavy atom. The third-order valence-electron chi connectivity index (χ3n) is 4.58. The third kappa shape index (κ3) is 3.83. The Hall–Kier alpha value is -2.37. The average molecular weight is 342 g/mol. The predicted molar refractivity (Wildman–Crippen MR) is 97.8 cm³/mol. The van der Waals surface area contributed by atoms with Crippen LogP contribution in [0.4, 0.5) is 5.69 Å². The van der Waals surface area contributed by atoms with E-state index >= 15 is 0 Å². The molecule has 0 unspecified atom stereocenters. The summed E-state index contributed by atoms with van der Waals surface area (Å²) in [6.07, 6.45) is 3.95. The number of nitrogens with one attached hydrogen (secondary N) is 1. The van der Waals surface area contributed by atoms with Crippen molar-refractivity contribution in [3.8, 4) is 0 Å². The van der Waals surface area contributed by atoms with Gasteiger partial charge >= 0.3 is 5.69 Å². The predicted octanol–water partition coefficient (Wildman–Crippen LogP) is 2.71. The molecule has 6 heteroatoms. The summed E-state index contributed by atoms with van der Waals surface area (Å²) in [5.41, 5.74) is 1.59. The molecule has 1 aliphatic heterocycles. The summed E-state index contributed by atoms with van der Waals surface area (Å²) in [7, 11) is 0. The van der Waals surface area contributed by atoms with E-state index in [1.807, 2.05) is 24.3 Å². The molecule has 0 spiro atoms. The largest absolute Gasteiger partial charge is 0.346 e. The zero-order valence-corrected chi connectivity index (χ0v) is 15.2. The minimum atomic E-state index is -0.230. The number of carbonyl (C=O) groups is 1. The molecule has 1 amide bonds. The molecule has 0 saturated heterocycles. The molecule has 0 aliphatic carbocycles. The minimum Gasteiger partial charge on any atom is -0.324 e. The van der Waals surface area contributed by atoms with Crippen LogP contribution in [-0.4, -0.2) is 20.3 Å². The van der Waals surface area contributed by atoms with Crippen LogP contribution in [-0.2, 0) is 29.7 Å². The van der Waals surface area contributed by atoms with Crippen molar-refractivity contribution < 1.29 is 4.79 Å². The number of amides is 1. The summed E-state index contributed by atoms with van der Waals surface area (Å²) in [6, 6.07) is 7.77. The highest BCUT2D eigenvalue weighted by Gasteiger charge is 2.20. The Labute approximate surface area is 147 Å². The molecule has 0 bridgehead atoms. The molecule has 6 nitrogen and oxygen atoms in total. The Morgan fingerprint density at radius 1 is 1.20 bits per heavy atom. The van der Waals surface area contributed by atoms with Crippen LogP contribution in [0.5, 0.6) is 0 Å². The van der Waals surface area contributed by atoms with Crippen molar-refractivity contribution >= 4 is 11.6 Å². The van der Waals surface area contributed by atoms with Crippen LogP contribution in [0.1, 0.15) is 51.4 Å². The number of nitrogens with zero attached hydrogens (tertiary/aromatic N) is 3. The minimum absolute atomic E-state index is 0.0582. The van der Waals surface area contributed by atoms with Crippen LogP contribution in [0.15, 0.2) is 29.1 Å². The summed E-state index contributed by atoms with van der Waals surface area (Å²) in [5, 5.41) is 7.31. The molecule has 134 valence electrons. The lowest BCUT2D eigenvalue weighted by Crippen LogP contribution is -2.30. The molecule has 2 aromatic rings. The first-order chi connectivity index (χ1) is 11.9. The fourth-order valence-corrected chi connectivity index (χ4v) is 3.30. The Bertz CT molecular complexity index is 827. The maximum absolute atomic E-state index is 12.5. The van der Waals surface area contributed by atoms with Crippen molar-refractivity contribution in [1.82, 2.24) is 14.3 Å². The van der Waals surface area contributed by atoms with Crippen LogP contribution < -0.4 is 11.0 Å². The Balaban J connectivity index is 1.78. The smallest absolute Gasteiger partial charge is 0.324 e. The number of carbonyl (C=O) groups excluding carboxylic acids is 1. The number of aromatic nitrogens is 3. The second-order valence-corrected chi connectivity index (χ2v) is 7.66. The number of aryl methyl sites for hydroxylation is 1. The van der Waals surface area contributed by atoms with Crippen LogP contribution in [0.3, 0.4) is 0 Å². The monoisotopic (exact) mass is 342 g/mol. The van der Waals surface area contributed by atoms with Gasteiger partial charge in [0.2, 0.25) is 5.91 Å². The number of para-hydroxylation sites is 1. The molecule has 2 heterocycles. The van der Waals surface area contributed by atoms with Gasteiger partial charge in [-0.1, -0.05) is 45.4 Å². The SMILES string of the molecule is CC(C)(C)c1ccccc1NC(=O)Cn1nc2n(c1=O)CCCCC2. The van der Waals surface area contributed by atoms with Crippen LogP contribution in [0.25, 0.3) is 0 Å². The van der Waals surface area contributed by atoms with E-state index in [1.165, 1.54) is 4.68 Å². The highest BCUT2D eigenvalue weighted by molar-refractivity contribution is 5.91. The topological polar surface area (TPSA) is 68.9 Å². The zero-order valence-electron chi connectivity index (χ0n) is 15.2. The van der Waals surface area contributed by atoms with Crippen molar-refractivity contribution in [2.45, 2.75) is 65.0 Å². The number of rotatable bonds is 3. The molecule has 0 radical (unpaired) electrons. The molecule has 1 N–H and O–H groups in total. The van der Waals surface area contributed by atoms with Crippen molar-refractivity contribution in [3.05, 3.63) is 46.1 Å². The fourth-order valence-electron chi connectivity index (χ4n) is 3.30. The van der Waals surface area contributed by atoms with E-state index in [9.17, 15) is 9.59 Å². The molecule has 0 saturated carbocycles. The van der Waals surface area contributed by atoms with Gasteiger partial charge in [-0.15, -0.1) is 0 Å². The molecule has 25 heavy (non-hydrogen) atoms. The Morgan fingerprint density at radius 3 is 2.72 bits per heavy atom. The summed E-state index contributed by atoms with van der Waals surface area (Å²) >= 11 is 0. The van der Waals surface area contributed by atoms with Gasteiger partial charge < -0.3 is 5.32 Å². The average Bonchev–Trinajstić information content (AvgIpc) is 2.72. The van der Waals surface area contributed by atoms with E-state index in [1.54, 1.807) is 4.57 Å². The maximum Gasteiger partial charge on any atom is 0.346 e. The number of fused-ring (bicyclic) bond motifs is 1. The van der Waals surface area contributed by atoms with Gasteiger partial charge in [0, 0.05) is 18.7 Å². The summed E-state index contributed by atoms with van der Waals surface area (Å²) in [6.45, 7) is 6.96. The lowest BCUT2D eigenvalue weighted by molar-refractivity contribution is -0.117. The molecule has 0 atom stereocenters. The molecule has 1 aromatic heterocycles. The number of hydrogen-bond donors (Lipinski definition) is 1. The first-order valence-corrected chi connectivity index (χ1v) is 8.92. The maximum atomic E-state index is 12.5. The normalized spacial score (nSPS) is 14.7.